The monoisotopic (exact) mass is 365 g/mol. The van der Waals surface area contributed by atoms with E-state index >= 15 is 0 Å². The van der Waals surface area contributed by atoms with Gasteiger partial charge in [0.15, 0.2) is 0 Å². The summed E-state index contributed by atoms with van der Waals surface area (Å²) in [7, 11) is 1.70. The van der Waals surface area contributed by atoms with Crippen molar-refractivity contribution in [2.45, 2.75) is 26.7 Å². The number of benzene rings is 1. The van der Waals surface area contributed by atoms with Crippen LogP contribution in [-0.4, -0.2) is 47.7 Å². The van der Waals surface area contributed by atoms with Crippen LogP contribution in [0.2, 0.25) is 0 Å². The average Bonchev–Trinajstić information content (AvgIpc) is 3.39. The fraction of sp³-hybridized carbons (Fsp3) is 0.400. The summed E-state index contributed by atoms with van der Waals surface area (Å²) in [4.78, 5) is 10.7. The third-order valence-electron chi connectivity index (χ3n) is 5.54. The van der Waals surface area contributed by atoms with E-state index in [1.165, 1.54) is 12.8 Å². The van der Waals surface area contributed by atoms with Crippen LogP contribution in [0.4, 0.5) is 5.82 Å². The van der Waals surface area contributed by atoms with Gasteiger partial charge in [-0.15, -0.1) is 0 Å². The molecule has 0 amide bonds. The van der Waals surface area contributed by atoms with Gasteiger partial charge in [0.25, 0.3) is 0 Å². The molecule has 2 aliphatic rings. The van der Waals surface area contributed by atoms with Crippen molar-refractivity contribution in [3.8, 4) is 16.9 Å². The first kappa shape index (κ1) is 16.2. The van der Waals surface area contributed by atoms with Gasteiger partial charge in [0.05, 0.1) is 23.9 Å². The van der Waals surface area contributed by atoms with Gasteiger partial charge in [-0.2, -0.15) is 0 Å². The summed E-state index contributed by atoms with van der Waals surface area (Å²) in [5.74, 6) is 3.71. The second-order valence-electron chi connectivity index (χ2n) is 7.18. The number of fused-ring (bicyclic) bond motifs is 3. The lowest BCUT2D eigenvalue weighted by Gasteiger charge is -2.24. The molecule has 0 saturated carbocycles. The van der Waals surface area contributed by atoms with E-state index in [1.54, 1.807) is 7.11 Å². The van der Waals surface area contributed by atoms with E-state index in [0.29, 0.717) is 6.67 Å². The van der Waals surface area contributed by atoms with Crippen molar-refractivity contribution in [2.24, 2.45) is 4.99 Å². The molecule has 7 nitrogen and oxygen atoms in total. The van der Waals surface area contributed by atoms with Crippen molar-refractivity contribution in [3.05, 3.63) is 29.2 Å². The van der Waals surface area contributed by atoms with Gasteiger partial charge in [-0.05, 0) is 38.8 Å². The van der Waals surface area contributed by atoms with E-state index in [2.05, 4.69) is 32.5 Å². The lowest BCUT2D eigenvalue weighted by atomic mass is 10.00. The minimum atomic E-state index is 0.597. The number of aromatic nitrogens is 2. The predicted octanol–water partition coefficient (Wildman–Crippen LogP) is 3.67. The van der Waals surface area contributed by atoms with Crippen LogP contribution in [0.25, 0.3) is 22.0 Å². The summed E-state index contributed by atoms with van der Waals surface area (Å²) in [5, 5.41) is 8.60. The summed E-state index contributed by atoms with van der Waals surface area (Å²) in [6.45, 7) is 6.62. The highest BCUT2D eigenvalue weighted by Gasteiger charge is 2.27. The molecule has 5 rings (SSSR count). The lowest BCUT2D eigenvalue weighted by molar-refractivity contribution is 0.393. The molecule has 2 N–H and O–H groups in total. The number of methoxy groups -OCH3 is 1. The number of nitrogens with zero attached hydrogens (tertiary/aromatic N) is 3. The van der Waals surface area contributed by atoms with Crippen LogP contribution >= 0.6 is 0 Å². The van der Waals surface area contributed by atoms with Crippen molar-refractivity contribution < 1.29 is 9.26 Å². The van der Waals surface area contributed by atoms with Crippen LogP contribution in [0, 0.1) is 13.8 Å². The Bertz CT molecular complexity index is 1040. The molecule has 0 bridgehead atoms. The minimum absolute atomic E-state index is 0.597. The fourth-order valence-corrected chi connectivity index (χ4v) is 4.28. The molecule has 7 heteroatoms. The molecule has 1 aromatic carbocycles. The zero-order valence-corrected chi connectivity index (χ0v) is 15.8. The Kier molecular flexibility index (Phi) is 3.63. The smallest absolute Gasteiger partial charge is 0.141 e. The quantitative estimate of drug-likeness (QED) is 0.724. The van der Waals surface area contributed by atoms with Crippen LogP contribution in [0.5, 0.6) is 5.75 Å². The Balaban J connectivity index is 1.72. The SMILES string of the molecule is COc1cc2c3c([nH]c2cc1-c1c(C)noc1C)NCN=C3N1CCCC1. The highest BCUT2D eigenvalue weighted by atomic mass is 16.5. The number of aromatic amines is 1. The number of hydrogen-bond donors (Lipinski definition) is 2. The summed E-state index contributed by atoms with van der Waals surface area (Å²) in [6.07, 6.45) is 2.45. The van der Waals surface area contributed by atoms with Crippen LogP contribution in [0.3, 0.4) is 0 Å². The Morgan fingerprint density at radius 2 is 1.96 bits per heavy atom. The number of likely N-dealkylation sites (tertiary alicyclic amines) is 1. The third kappa shape index (κ3) is 2.41. The Labute approximate surface area is 157 Å². The molecule has 0 spiro atoms. The molecule has 2 aliphatic heterocycles. The second kappa shape index (κ2) is 6.04. The standard InChI is InChI=1S/C20H23N5O2/c1-11-17(12(2)27-24-11)14-8-15-13(9-16(14)26-3)18-19(23-15)21-10-22-20(18)25-6-4-5-7-25/h8-9,21,23H,4-7,10H2,1-3H3. The molecule has 1 saturated heterocycles. The number of hydrogen-bond acceptors (Lipinski definition) is 6. The van der Waals surface area contributed by atoms with E-state index in [9.17, 15) is 0 Å². The average molecular weight is 365 g/mol. The Hall–Kier alpha value is -2.96. The van der Waals surface area contributed by atoms with Gasteiger partial charge in [-0.1, -0.05) is 5.16 Å². The Morgan fingerprint density at radius 1 is 1.15 bits per heavy atom. The maximum Gasteiger partial charge on any atom is 0.141 e. The van der Waals surface area contributed by atoms with Gasteiger partial charge in [0.1, 0.15) is 29.8 Å². The summed E-state index contributed by atoms with van der Waals surface area (Å²) >= 11 is 0. The van der Waals surface area contributed by atoms with Crippen molar-refractivity contribution in [2.75, 3.05) is 32.2 Å². The molecule has 0 aliphatic carbocycles. The zero-order valence-electron chi connectivity index (χ0n) is 15.8. The zero-order chi connectivity index (χ0) is 18.5. The van der Waals surface area contributed by atoms with Crippen molar-refractivity contribution >= 4 is 22.6 Å². The van der Waals surface area contributed by atoms with Crippen LogP contribution < -0.4 is 10.1 Å². The summed E-state index contributed by atoms with van der Waals surface area (Å²) in [5.41, 5.74) is 5.03. The fourth-order valence-electron chi connectivity index (χ4n) is 4.28. The highest BCUT2D eigenvalue weighted by Crippen LogP contribution is 2.40. The molecule has 3 aromatic rings. The number of aryl methyl sites for hydroxylation is 2. The molecule has 0 unspecified atom stereocenters. The second-order valence-corrected chi connectivity index (χ2v) is 7.18. The normalized spacial score (nSPS) is 16.4. The summed E-state index contributed by atoms with van der Waals surface area (Å²) < 4.78 is 11.1. The first-order valence-electron chi connectivity index (χ1n) is 9.38. The van der Waals surface area contributed by atoms with Crippen LogP contribution in [0.15, 0.2) is 21.6 Å². The molecule has 140 valence electrons. The van der Waals surface area contributed by atoms with Gasteiger partial charge in [-0.3, -0.25) is 0 Å². The number of aliphatic imine (C=N–C) groups is 1. The number of nitrogens with one attached hydrogen (secondary N) is 2. The van der Waals surface area contributed by atoms with E-state index in [-0.39, 0.29) is 0 Å². The van der Waals surface area contributed by atoms with E-state index in [0.717, 1.165) is 69.5 Å². The van der Waals surface area contributed by atoms with Gasteiger partial charge < -0.3 is 24.5 Å². The topological polar surface area (TPSA) is 78.7 Å². The van der Waals surface area contributed by atoms with Gasteiger partial charge in [0.2, 0.25) is 0 Å². The van der Waals surface area contributed by atoms with Crippen molar-refractivity contribution in [3.63, 3.8) is 0 Å². The van der Waals surface area contributed by atoms with Gasteiger partial charge in [-0.25, -0.2) is 4.99 Å². The van der Waals surface area contributed by atoms with E-state index < -0.39 is 0 Å². The first-order chi connectivity index (χ1) is 13.2. The molecular weight excluding hydrogens is 342 g/mol. The first-order valence-corrected chi connectivity index (χ1v) is 9.38. The highest BCUT2D eigenvalue weighted by molar-refractivity contribution is 6.15. The van der Waals surface area contributed by atoms with Crippen molar-refractivity contribution in [1.82, 2.24) is 15.0 Å². The van der Waals surface area contributed by atoms with Crippen molar-refractivity contribution in [1.29, 1.82) is 0 Å². The maximum atomic E-state index is 5.75. The van der Waals surface area contributed by atoms with E-state index in [1.807, 2.05) is 13.8 Å². The minimum Gasteiger partial charge on any atom is -0.496 e. The molecule has 2 aromatic heterocycles. The number of ether oxygens (including phenoxy) is 1. The Morgan fingerprint density at radius 3 is 2.67 bits per heavy atom. The van der Waals surface area contributed by atoms with Gasteiger partial charge in [0, 0.05) is 29.6 Å². The molecule has 4 heterocycles. The molecule has 27 heavy (non-hydrogen) atoms. The number of rotatable bonds is 2. The lowest BCUT2D eigenvalue weighted by Crippen LogP contribution is -2.32. The van der Waals surface area contributed by atoms with Crippen LogP contribution in [-0.2, 0) is 0 Å². The number of H-pyrrole nitrogens is 1. The van der Waals surface area contributed by atoms with E-state index in [4.69, 9.17) is 14.3 Å². The molecule has 0 radical (unpaired) electrons. The largest absolute Gasteiger partial charge is 0.496 e. The number of amidine groups is 1. The van der Waals surface area contributed by atoms with Crippen LogP contribution in [0.1, 0.15) is 29.9 Å². The molecular formula is C20H23N5O2. The maximum absolute atomic E-state index is 5.75. The third-order valence-corrected chi connectivity index (χ3v) is 5.54. The molecule has 1 fully saturated rings. The number of anilines is 1. The molecule has 0 atom stereocenters. The summed E-state index contributed by atoms with van der Waals surface area (Å²) in [6, 6.07) is 4.23. The van der Waals surface area contributed by atoms with Gasteiger partial charge >= 0.3 is 0 Å². The predicted molar refractivity (Wildman–Crippen MR) is 106 cm³/mol.